The highest BCUT2D eigenvalue weighted by Gasteiger charge is 2.00. The fourth-order valence-electron chi connectivity index (χ4n) is 1.13. The standard InChI is InChI=1S/C9H17N3OS/c1-7(6-13)3-2-4-11-9-5-8(10)12-14-9/h5,7,11,13H,2-4,6H2,1H3,(H2,10,12). The van der Waals surface area contributed by atoms with E-state index in [0.717, 1.165) is 24.4 Å². The van der Waals surface area contributed by atoms with Gasteiger partial charge in [-0.2, -0.15) is 4.37 Å². The molecule has 0 aliphatic carbocycles. The second-order valence-electron chi connectivity index (χ2n) is 3.47. The van der Waals surface area contributed by atoms with Gasteiger partial charge in [0.1, 0.15) is 10.8 Å². The van der Waals surface area contributed by atoms with E-state index in [2.05, 4.69) is 9.69 Å². The molecule has 0 amide bonds. The summed E-state index contributed by atoms with van der Waals surface area (Å²) in [5.74, 6) is 0.963. The maximum Gasteiger partial charge on any atom is 0.139 e. The van der Waals surface area contributed by atoms with Crippen LogP contribution in [0.5, 0.6) is 0 Å². The Morgan fingerprint density at radius 3 is 3.07 bits per heavy atom. The Bertz CT molecular complexity index is 264. The fraction of sp³-hybridized carbons (Fsp3) is 0.667. The third-order valence-corrected chi connectivity index (χ3v) is 2.77. The molecule has 80 valence electrons. The van der Waals surface area contributed by atoms with Crippen LogP contribution in [-0.2, 0) is 0 Å². The number of rotatable bonds is 6. The monoisotopic (exact) mass is 215 g/mol. The number of anilines is 2. The number of aromatic nitrogens is 1. The van der Waals surface area contributed by atoms with Gasteiger partial charge in [0.2, 0.25) is 0 Å². The summed E-state index contributed by atoms with van der Waals surface area (Å²) < 4.78 is 3.96. The van der Waals surface area contributed by atoms with Crippen molar-refractivity contribution in [2.24, 2.45) is 5.92 Å². The van der Waals surface area contributed by atoms with Crippen LogP contribution >= 0.6 is 11.5 Å². The molecule has 0 radical (unpaired) electrons. The van der Waals surface area contributed by atoms with Crippen molar-refractivity contribution < 1.29 is 5.11 Å². The summed E-state index contributed by atoms with van der Waals surface area (Å²) in [4.78, 5) is 0. The van der Waals surface area contributed by atoms with Gasteiger partial charge >= 0.3 is 0 Å². The van der Waals surface area contributed by atoms with E-state index >= 15 is 0 Å². The summed E-state index contributed by atoms with van der Waals surface area (Å²) in [6.45, 7) is 3.23. The van der Waals surface area contributed by atoms with Crippen molar-refractivity contribution in [2.45, 2.75) is 19.8 Å². The topological polar surface area (TPSA) is 71.2 Å². The third kappa shape index (κ3) is 3.93. The highest BCUT2D eigenvalue weighted by Crippen LogP contribution is 2.17. The Morgan fingerprint density at radius 2 is 2.50 bits per heavy atom. The van der Waals surface area contributed by atoms with Crippen LogP contribution in [-0.4, -0.2) is 22.6 Å². The fourth-order valence-corrected chi connectivity index (χ4v) is 1.72. The SMILES string of the molecule is CC(CO)CCCNc1cc(N)ns1. The van der Waals surface area contributed by atoms with Gasteiger partial charge in [0.05, 0.1) is 0 Å². The van der Waals surface area contributed by atoms with Crippen LogP contribution in [0.2, 0.25) is 0 Å². The summed E-state index contributed by atoms with van der Waals surface area (Å²) in [6, 6.07) is 1.83. The molecule has 1 rings (SSSR count). The molecule has 0 aromatic carbocycles. The molecule has 4 N–H and O–H groups in total. The number of hydrogen-bond acceptors (Lipinski definition) is 5. The number of nitrogens with two attached hydrogens (primary N) is 1. The molecule has 0 aliphatic heterocycles. The van der Waals surface area contributed by atoms with Crippen molar-refractivity contribution in [1.29, 1.82) is 0 Å². The molecule has 4 nitrogen and oxygen atoms in total. The lowest BCUT2D eigenvalue weighted by atomic mass is 10.1. The second kappa shape index (κ2) is 5.82. The minimum Gasteiger partial charge on any atom is -0.396 e. The number of nitrogens with zero attached hydrogens (tertiary/aromatic N) is 1. The van der Waals surface area contributed by atoms with Crippen LogP contribution in [0.1, 0.15) is 19.8 Å². The Labute approximate surface area is 88.3 Å². The maximum atomic E-state index is 8.81. The zero-order valence-corrected chi connectivity index (χ0v) is 9.18. The van der Waals surface area contributed by atoms with Gasteiger partial charge in [-0.3, -0.25) is 0 Å². The minimum atomic E-state index is 0.271. The maximum absolute atomic E-state index is 8.81. The predicted octanol–water partition coefficient (Wildman–Crippen LogP) is 1.55. The van der Waals surface area contributed by atoms with Gasteiger partial charge in [-0.15, -0.1) is 0 Å². The lowest BCUT2D eigenvalue weighted by Gasteiger charge is -2.07. The highest BCUT2D eigenvalue weighted by atomic mass is 32.1. The molecular formula is C9H17N3OS. The number of nitrogens with one attached hydrogen (secondary N) is 1. The highest BCUT2D eigenvalue weighted by molar-refractivity contribution is 7.10. The predicted molar refractivity (Wildman–Crippen MR) is 60.5 cm³/mol. The number of hydrogen-bond donors (Lipinski definition) is 3. The second-order valence-corrected chi connectivity index (χ2v) is 4.28. The van der Waals surface area contributed by atoms with Gasteiger partial charge < -0.3 is 16.2 Å². The molecule has 14 heavy (non-hydrogen) atoms. The molecule has 1 atom stereocenters. The quantitative estimate of drug-likeness (QED) is 0.630. The molecule has 0 spiro atoms. The normalized spacial score (nSPS) is 12.7. The van der Waals surface area contributed by atoms with Crippen LogP contribution in [0.15, 0.2) is 6.07 Å². The van der Waals surface area contributed by atoms with Crippen molar-refractivity contribution in [2.75, 3.05) is 24.2 Å². The van der Waals surface area contributed by atoms with E-state index in [0.29, 0.717) is 11.7 Å². The number of aliphatic hydroxyl groups excluding tert-OH is 1. The Hall–Kier alpha value is -0.810. The number of nitrogen functional groups attached to an aromatic ring is 1. The van der Waals surface area contributed by atoms with E-state index in [1.54, 1.807) is 0 Å². The molecule has 0 aliphatic rings. The first-order chi connectivity index (χ1) is 6.72. The summed E-state index contributed by atoms with van der Waals surface area (Å²) in [5, 5.41) is 13.1. The molecule has 5 heteroatoms. The lowest BCUT2D eigenvalue weighted by Crippen LogP contribution is -2.05. The molecule has 0 saturated carbocycles. The Morgan fingerprint density at radius 1 is 1.71 bits per heavy atom. The van der Waals surface area contributed by atoms with Gasteiger partial charge in [-0.05, 0) is 30.3 Å². The minimum absolute atomic E-state index is 0.271. The van der Waals surface area contributed by atoms with Crippen LogP contribution in [0, 0.1) is 5.92 Å². The molecule has 0 fully saturated rings. The molecule has 1 unspecified atom stereocenters. The molecule has 1 aromatic rings. The number of aliphatic hydroxyl groups is 1. The largest absolute Gasteiger partial charge is 0.396 e. The first kappa shape index (κ1) is 11.3. The van der Waals surface area contributed by atoms with E-state index in [1.165, 1.54) is 11.5 Å². The van der Waals surface area contributed by atoms with Crippen LogP contribution < -0.4 is 11.1 Å². The van der Waals surface area contributed by atoms with Crippen molar-refractivity contribution in [3.63, 3.8) is 0 Å². The van der Waals surface area contributed by atoms with E-state index in [9.17, 15) is 0 Å². The van der Waals surface area contributed by atoms with Crippen molar-refractivity contribution in [3.8, 4) is 0 Å². The lowest BCUT2D eigenvalue weighted by molar-refractivity contribution is 0.229. The first-order valence-corrected chi connectivity index (χ1v) is 5.56. The van der Waals surface area contributed by atoms with Gasteiger partial charge in [-0.1, -0.05) is 6.92 Å². The van der Waals surface area contributed by atoms with Gasteiger partial charge in [0.15, 0.2) is 0 Å². The molecule has 0 bridgehead atoms. The average molecular weight is 215 g/mol. The molecule has 1 heterocycles. The Balaban J connectivity index is 2.10. The first-order valence-electron chi connectivity index (χ1n) is 4.79. The van der Waals surface area contributed by atoms with E-state index in [4.69, 9.17) is 10.8 Å². The molecule has 0 saturated heterocycles. The van der Waals surface area contributed by atoms with Gasteiger partial charge in [0.25, 0.3) is 0 Å². The van der Waals surface area contributed by atoms with Crippen molar-refractivity contribution in [1.82, 2.24) is 4.37 Å². The van der Waals surface area contributed by atoms with E-state index in [-0.39, 0.29) is 6.61 Å². The average Bonchev–Trinajstić information content (AvgIpc) is 2.58. The van der Waals surface area contributed by atoms with E-state index in [1.807, 2.05) is 13.0 Å². The van der Waals surface area contributed by atoms with Crippen LogP contribution in [0.3, 0.4) is 0 Å². The van der Waals surface area contributed by atoms with Gasteiger partial charge in [0, 0.05) is 19.2 Å². The van der Waals surface area contributed by atoms with Gasteiger partial charge in [-0.25, -0.2) is 0 Å². The summed E-state index contributed by atoms with van der Waals surface area (Å²) >= 11 is 1.38. The summed E-state index contributed by atoms with van der Waals surface area (Å²) in [6.07, 6.45) is 2.09. The third-order valence-electron chi connectivity index (χ3n) is 2.01. The van der Waals surface area contributed by atoms with Crippen LogP contribution in [0.4, 0.5) is 10.8 Å². The van der Waals surface area contributed by atoms with Crippen LogP contribution in [0.25, 0.3) is 0 Å². The zero-order valence-electron chi connectivity index (χ0n) is 8.36. The Kier molecular flexibility index (Phi) is 4.69. The smallest absolute Gasteiger partial charge is 0.139 e. The van der Waals surface area contributed by atoms with Crippen molar-refractivity contribution >= 4 is 22.4 Å². The zero-order chi connectivity index (χ0) is 10.4. The molecule has 1 aromatic heterocycles. The van der Waals surface area contributed by atoms with Crippen molar-refractivity contribution in [3.05, 3.63) is 6.07 Å². The molecular weight excluding hydrogens is 198 g/mol. The van der Waals surface area contributed by atoms with E-state index < -0.39 is 0 Å². The summed E-state index contributed by atoms with van der Waals surface area (Å²) in [5.41, 5.74) is 5.48. The summed E-state index contributed by atoms with van der Waals surface area (Å²) in [7, 11) is 0.